The molecule has 1 aliphatic heterocycles. The van der Waals surface area contributed by atoms with Crippen LogP contribution in [0.15, 0.2) is 0 Å². The lowest BCUT2D eigenvalue weighted by Gasteiger charge is -2.09. The van der Waals surface area contributed by atoms with Crippen LogP contribution in [0.4, 0.5) is 4.79 Å². The Morgan fingerprint density at radius 3 is 2.92 bits per heavy atom. The fraction of sp³-hybridized carbons (Fsp3) is 0.700. The second-order valence-electron chi connectivity index (χ2n) is 3.28. The molecule has 13 heavy (non-hydrogen) atoms. The van der Waals surface area contributed by atoms with Crippen molar-refractivity contribution in [1.29, 1.82) is 0 Å². The van der Waals surface area contributed by atoms with E-state index in [0.717, 1.165) is 19.3 Å². The van der Waals surface area contributed by atoms with Crippen LogP contribution in [-0.2, 0) is 9.47 Å². The van der Waals surface area contributed by atoms with Crippen LogP contribution < -0.4 is 0 Å². The summed E-state index contributed by atoms with van der Waals surface area (Å²) in [6, 6.07) is 0. The van der Waals surface area contributed by atoms with E-state index in [-0.39, 0.29) is 6.61 Å². The van der Waals surface area contributed by atoms with Crippen molar-refractivity contribution < 1.29 is 14.3 Å². The zero-order valence-corrected chi connectivity index (χ0v) is 8.05. The normalized spacial score (nSPS) is 25.8. The Labute approximate surface area is 78.4 Å². The molecular weight excluding hydrogens is 168 g/mol. The monoisotopic (exact) mass is 182 g/mol. The van der Waals surface area contributed by atoms with Gasteiger partial charge >= 0.3 is 6.16 Å². The molecule has 0 saturated carbocycles. The summed E-state index contributed by atoms with van der Waals surface area (Å²) in [6.07, 6.45) is 2.44. The van der Waals surface area contributed by atoms with Crippen LogP contribution in [0.1, 0.15) is 33.1 Å². The predicted molar refractivity (Wildman–Crippen MR) is 48.1 cm³/mol. The highest BCUT2D eigenvalue weighted by atomic mass is 16.8. The largest absolute Gasteiger partial charge is 0.510 e. The lowest BCUT2D eigenvalue weighted by atomic mass is 10.1. The fourth-order valence-electron chi connectivity index (χ4n) is 1.02. The SMILES string of the molecule is CCCCC#CC1(C)COC(=O)O1. The van der Waals surface area contributed by atoms with Crippen molar-refractivity contribution in [2.75, 3.05) is 6.61 Å². The molecule has 3 nitrogen and oxygen atoms in total. The Morgan fingerprint density at radius 1 is 1.62 bits per heavy atom. The van der Waals surface area contributed by atoms with Crippen molar-refractivity contribution in [2.45, 2.75) is 38.7 Å². The second kappa shape index (κ2) is 4.18. The third-order valence-electron chi connectivity index (χ3n) is 1.78. The van der Waals surface area contributed by atoms with Crippen molar-refractivity contribution in [3.05, 3.63) is 0 Å². The number of ether oxygens (including phenoxy) is 2. The van der Waals surface area contributed by atoms with Gasteiger partial charge in [0.15, 0.2) is 0 Å². The summed E-state index contributed by atoms with van der Waals surface area (Å²) in [5, 5.41) is 0. The van der Waals surface area contributed by atoms with Gasteiger partial charge in [0, 0.05) is 6.42 Å². The molecule has 1 atom stereocenters. The molecule has 72 valence electrons. The predicted octanol–water partition coefficient (Wildman–Crippen LogP) is 2.11. The summed E-state index contributed by atoms with van der Waals surface area (Å²) in [6.45, 7) is 4.11. The smallest absolute Gasteiger partial charge is 0.429 e. The van der Waals surface area contributed by atoms with Gasteiger partial charge in [-0.1, -0.05) is 25.2 Å². The summed E-state index contributed by atoms with van der Waals surface area (Å²) < 4.78 is 9.56. The van der Waals surface area contributed by atoms with Gasteiger partial charge in [-0.25, -0.2) is 4.79 Å². The fourth-order valence-corrected chi connectivity index (χ4v) is 1.02. The third kappa shape index (κ3) is 2.98. The van der Waals surface area contributed by atoms with Gasteiger partial charge in [-0.05, 0) is 13.3 Å². The molecule has 0 aliphatic carbocycles. The number of cyclic esters (lactones) is 2. The van der Waals surface area contributed by atoms with Gasteiger partial charge in [-0.3, -0.25) is 0 Å². The Bertz CT molecular complexity index is 249. The maximum atomic E-state index is 10.6. The van der Waals surface area contributed by atoms with E-state index in [4.69, 9.17) is 4.74 Å². The zero-order chi connectivity index (χ0) is 9.73. The summed E-state index contributed by atoms with van der Waals surface area (Å²) in [7, 11) is 0. The Hall–Kier alpha value is -1.17. The van der Waals surface area contributed by atoms with Crippen LogP contribution in [0.2, 0.25) is 0 Å². The van der Waals surface area contributed by atoms with Gasteiger partial charge in [-0.2, -0.15) is 0 Å². The molecule has 0 amide bonds. The second-order valence-corrected chi connectivity index (χ2v) is 3.28. The van der Waals surface area contributed by atoms with Gasteiger partial charge in [-0.15, -0.1) is 0 Å². The maximum Gasteiger partial charge on any atom is 0.510 e. The summed E-state index contributed by atoms with van der Waals surface area (Å²) in [4.78, 5) is 10.6. The van der Waals surface area contributed by atoms with Crippen LogP contribution in [0.25, 0.3) is 0 Å². The van der Waals surface area contributed by atoms with Crippen molar-refractivity contribution in [3.8, 4) is 11.8 Å². The van der Waals surface area contributed by atoms with E-state index in [1.165, 1.54) is 0 Å². The molecular formula is C10H14O3. The van der Waals surface area contributed by atoms with Crippen LogP contribution in [-0.4, -0.2) is 18.4 Å². The average Bonchev–Trinajstić information content (AvgIpc) is 2.41. The first kappa shape index (κ1) is 9.91. The van der Waals surface area contributed by atoms with E-state index in [2.05, 4.69) is 23.5 Å². The molecule has 0 radical (unpaired) electrons. The zero-order valence-electron chi connectivity index (χ0n) is 8.05. The van der Waals surface area contributed by atoms with Gasteiger partial charge < -0.3 is 9.47 Å². The van der Waals surface area contributed by atoms with E-state index in [1.54, 1.807) is 6.92 Å². The summed E-state index contributed by atoms with van der Waals surface area (Å²) in [5.41, 5.74) is -0.717. The first-order valence-corrected chi connectivity index (χ1v) is 4.52. The summed E-state index contributed by atoms with van der Waals surface area (Å²) in [5.74, 6) is 5.89. The highest BCUT2D eigenvalue weighted by molar-refractivity contribution is 5.63. The molecule has 1 saturated heterocycles. The molecule has 1 fully saturated rings. The van der Waals surface area contributed by atoms with E-state index in [9.17, 15) is 4.79 Å². The van der Waals surface area contributed by atoms with Crippen LogP contribution >= 0.6 is 0 Å². The standard InChI is InChI=1S/C10H14O3/c1-3-4-5-6-7-10(2)8-12-9(11)13-10/h3-5,8H2,1-2H3. The Morgan fingerprint density at radius 2 is 2.38 bits per heavy atom. The number of hydrogen-bond donors (Lipinski definition) is 0. The number of carbonyl (C=O) groups is 1. The lowest BCUT2D eigenvalue weighted by molar-refractivity contribution is 0.103. The molecule has 1 heterocycles. The van der Waals surface area contributed by atoms with E-state index in [0.29, 0.717) is 0 Å². The van der Waals surface area contributed by atoms with Gasteiger partial charge in [0.05, 0.1) is 0 Å². The first-order chi connectivity index (χ1) is 6.16. The van der Waals surface area contributed by atoms with E-state index >= 15 is 0 Å². The number of hydrogen-bond acceptors (Lipinski definition) is 3. The minimum atomic E-state index is -0.717. The molecule has 0 aromatic rings. The highest BCUT2D eigenvalue weighted by Gasteiger charge is 2.35. The lowest BCUT2D eigenvalue weighted by Crippen LogP contribution is -2.24. The average molecular weight is 182 g/mol. The molecule has 0 bridgehead atoms. The maximum absolute atomic E-state index is 10.6. The number of unbranched alkanes of at least 4 members (excludes halogenated alkanes) is 2. The third-order valence-corrected chi connectivity index (χ3v) is 1.78. The molecule has 0 aromatic heterocycles. The molecule has 1 aliphatic rings. The van der Waals surface area contributed by atoms with Crippen LogP contribution in [0.3, 0.4) is 0 Å². The van der Waals surface area contributed by atoms with Gasteiger partial charge in [0.1, 0.15) is 6.61 Å². The minimum Gasteiger partial charge on any atom is -0.429 e. The summed E-state index contributed by atoms with van der Waals surface area (Å²) >= 11 is 0. The van der Waals surface area contributed by atoms with E-state index < -0.39 is 11.8 Å². The van der Waals surface area contributed by atoms with Crippen molar-refractivity contribution >= 4 is 6.16 Å². The Kier molecular flexibility index (Phi) is 3.18. The first-order valence-electron chi connectivity index (χ1n) is 4.52. The topological polar surface area (TPSA) is 35.5 Å². The van der Waals surface area contributed by atoms with Crippen molar-refractivity contribution in [3.63, 3.8) is 0 Å². The van der Waals surface area contributed by atoms with Crippen LogP contribution in [0, 0.1) is 11.8 Å². The molecule has 0 aromatic carbocycles. The molecule has 0 spiro atoms. The molecule has 0 N–H and O–H groups in total. The number of carbonyl (C=O) groups excluding carboxylic acids is 1. The molecule has 1 rings (SSSR count). The molecule has 1 unspecified atom stereocenters. The van der Waals surface area contributed by atoms with E-state index in [1.807, 2.05) is 0 Å². The minimum absolute atomic E-state index is 0.241. The van der Waals surface area contributed by atoms with Crippen LogP contribution in [0.5, 0.6) is 0 Å². The van der Waals surface area contributed by atoms with Crippen molar-refractivity contribution in [2.24, 2.45) is 0 Å². The van der Waals surface area contributed by atoms with Crippen molar-refractivity contribution in [1.82, 2.24) is 0 Å². The highest BCUT2D eigenvalue weighted by Crippen LogP contribution is 2.18. The Balaban J connectivity index is 2.41. The van der Waals surface area contributed by atoms with Gasteiger partial charge in [0.2, 0.25) is 5.60 Å². The molecule has 3 heteroatoms. The number of rotatable bonds is 2. The quantitative estimate of drug-likeness (QED) is 0.372. The van der Waals surface area contributed by atoms with Gasteiger partial charge in [0.25, 0.3) is 0 Å².